The second kappa shape index (κ2) is 39.7. The maximum absolute atomic E-state index is 12.8. The van der Waals surface area contributed by atoms with Crippen molar-refractivity contribution >= 4 is 19.8 Å². The van der Waals surface area contributed by atoms with Crippen molar-refractivity contribution in [2.24, 2.45) is 0 Å². The summed E-state index contributed by atoms with van der Waals surface area (Å²) in [6.45, 7) is 3.28. The number of phosphoric ester groups is 1. The Morgan fingerprint density at radius 2 is 0.825 bits per heavy atom. The molecule has 0 aromatic carbocycles. The summed E-state index contributed by atoms with van der Waals surface area (Å²) < 4.78 is 33.5. The smallest absolute Gasteiger partial charge is 0.462 e. The SMILES string of the molecule is CCCC/C=C/CCCCCCCC(=O)O[C@H](COC(=O)CCCCCCCCCCCCCCCCCCCCCCCCC)COP(=O)(O)OC1C(O)C(O)C(O)[C@@H](O)C1O. The van der Waals surface area contributed by atoms with E-state index in [-0.39, 0.29) is 12.8 Å². The van der Waals surface area contributed by atoms with E-state index in [2.05, 4.69) is 26.0 Å². The van der Waals surface area contributed by atoms with E-state index in [9.17, 15) is 44.6 Å². The minimum atomic E-state index is -5.11. The second-order valence-electron chi connectivity index (χ2n) is 18.0. The van der Waals surface area contributed by atoms with E-state index in [4.69, 9.17) is 18.5 Å². The maximum Gasteiger partial charge on any atom is 0.472 e. The lowest BCUT2D eigenvalue weighted by atomic mass is 9.85. The number of esters is 2. The molecule has 6 unspecified atom stereocenters. The summed E-state index contributed by atoms with van der Waals surface area (Å²) >= 11 is 0. The molecule has 0 heterocycles. The van der Waals surface area contributed by atoms with Crippen LogP contribution in [0.5, 0.6) is 0 Å². The van der Waals surface area contributed by atoms with Gasteiger partial charge in [0.25, 0.3) is 0 Å². The Balaban J connectivity index is 2.31. The lowest BCUT2D eigenvalue weighted by Crippen LogP contribution is -2.64. The molecular weight excluding hydrogens is 828 g/mol. The van der Waals surface area contributed by atoms with Crippen molar-refractivity contribution in [1.29, 1.82) is 0 Å². The quantitative estimate of drug-likeness (QED) is 0.0146. The lowest BCUT2D eigenvalue weighted by molar-refractivity contribution is -0.220. The van der Waals surface area contributed by atoms with Crippen LogP contribution in [0.15, 0.2) is 12.2 Å². The van der Waals surface area contributed by atoms with Crippen LogP contribution in [0, 0.1) is 0 Å². The Hall–Kier alpha value is -1.41. The molecular formula is C49H93O13P. The van der Waals surface area contributed by atoms with Crippen molar-refractivity contribution < 1.29 is 63.1 Å². The summed E-state index contributed by atoms with van der Waals surface area (Å²) in [5.74, 6) is -1.10. The average Bonchev–Trinajstić information content (AvgIpc) is 3.26. The van der Waals surface area contributed by atoms with Gasteiger partial charge in [0.15, 0.2) is 6.10 Å². The largest absolute Gasteiger partial charge is 0.472 e. The Morgan fingerprint density at radius 1 is 0.476 bits per heavy atom. The number of unbranched alkanes of at least 4 members (excludes halogenated alkanes) is 29. The van der Waals surface area contributed by atoms with Gasteiger partial charge in [-0.25, -0.2) is 4.57 Å². The van der Waals surface area contributed by atoms with E-state index < -0.39 is 75.7 Å². The Morgan fingerprint density at radius 3 is 1.25 bits per heavy atom. The normalized spacial score (nSPS) is 21.7. The van der Waals surface area contributed by atoms with E-state index >= 15 is 0 Å². The molecule has 6 N–H and O–H groups in total. The van der Waals surface area contributed by atoms with Gasteiger partial charge in [-0.2, -0.15) is 0 Å². The molecule has 0 saturated heterocycles. The van der Waals surface area contributed by atoms with E-state index in [0.29, 0.717) is 12.8 Å². The molecule has 0 bridgehead atoms. The highest BCUT2D eigenvalue weighted by Gasteiger charge is 2.51. The fourth-order valence-corrected chi connectivity index (χ4v) is 8.95. The highest BCUT2D eigenvalue weighted by atomic mass is 31.2. The van der Waals surface area contributed by atoms with Crippen molar-refractivity contribution in [1.82, 2.24) is 0 Å². The summed E-state index contributed by atoms with van der Waals surface area (Å²) in [6, 6.07) is 0. The second-order valence-corrected chi connectivity index (χ2v) is 19.4. The molecule has 8 atom stereocenters. The third kappa shape index (κ3) is 32.0. The van der Waals surface area contributed by atoms with Crippen molar-refractivity contribution in [3.63, 3.8) is 0 Å². The van der Waals surface area contributed by atoms with Gasteiger partial charge in [0.1, 0.15) is 43.2 Å². The molecule has 63 heavy (non-hydrogen) atoms. The van der Waals surface area contributed by atoms with Gasteiger partial charge in [-0.3, -0.25) is 18.6 Å². The summed E-state index contributed by atoms with van der Waals surface area (Å²) in [7, 11) is -5.11. The van der Waals surface area contributed by atoms with Crippen LogP contribution in [0.3, 0.4) is 0 Å². The number of hydrogen-bond donors (Lipinski definition) is 6. The van der Waals surface area contributed by atoms with Gasteiger partial charge >= 0.3 is 19.8 Å². The molecule has 0 aromatic rings. The molecule has 0 amide bonds. The first kappa shape index (κ1) is 59.6. The predicted octanol–water partition coefficient (Wildman–Crippen LogP) is 10.6. The number of carbonyl (C=O) groups is 2. The standard InChI is InChI=1S/C49H93O13P/c1-3-5-7-9-11-13-15-16-17-18-19-20-21-22-23-24-25-26-28-29-31-33-35-37-42(50)59-39-41(61-43(51)38-36-34-32-30-27-14-12-10-8-6-4-2)40-60-63(57,58)62-49-47(55)45(53)44(52)46(54)48(49)56/h10,12,41,44-49,52-56H,3-9,11,13-40H2,1-2H3,(H,57,58)/b12-10+/t41-,44?,45-,46?,47?,48?,49?/m1/s1. The minimum absolute atomic E-state index is 0.0900. The molecule has 13 nitrogen and oxygen atoms in total. The van der Waals surface area contributed by atoms with Crippen LogP contribution in [0.1, 0.15) is 232 Å². The number of aliphatic hydroxyl groups excluding tert-OH is 5. The minimum Gasteiger partial charge on any atom is -0.462 e. The zero-order chi connectivity index (χ0) is 46.4. The van der Waals surface area contributed by atoms with Crippen LogP contribution in [0.4, 0.5) is 0 Å². The van der Waals surface area contributed by atoms with Gasteiger partial charge in [-0.1, -0.05) is 199 Å². The fourth-order valence-electron chi connectivity index (χ4n) is 7.98. The fraction of sp³-hybridized carbons (Fsp3) is 0.918. The first-order valence-corrected chi connectivity index (χ1v) is 27.0. The highest BCUT2D eigenvalue weighted by molar-refractivity contribution is 7.47. The summed E-state index contributed by atoms with van der Waals surface area (Å²) in [4.78, 5) is 35.7. The molecule has 1 saturated carbocycles. The molecule has 0 aliphatic heterocycles. The van der Waals surface area contributed by atoms with Gasteiger partial charge in [-0.15, -0.1) is 0 Å². The number of aliphatic hydroxyl groups is 5. The zero-order valence-corrected chi connectivity index (χ0v) is 40.5. The number of carbonyl (C=O) groups excluding carboxylic acids is 2. The van der Waals surface area contributed by atoms with Crippen LogP contribution in [-0.4, -0.2) is 98.3 Å². The topological polar surface area (TPSA) is 210 Å². The van der Waals surface area contributed by atoms with E-state index in [1.807, 2.05) is 0 Å². The third-order valence-corrected chi connectivity index (χ3v) is 13.1. The molecule has 1 aliphatic rings. The molecule has 1 aliphatic carbocycles. The number of rotatable bonds is 43. The van der Waals surface area contributed by atoms with Crippen molar-refractivity contribution in [3.8, 4) is 0 Å². The molecule has 0 spiro atoms. The molecule has 1 fully saturated rings. The van der Waals surface area contributed by atoms with Crippen LogP contribution >= 0.6 is 7.82 Å². The first-order valence-electron chi connectivity index (χ1n) is 25.5. The number of phosphoric acid groups is 1. The van der Waals surface area contributed by atoms with Gasteiger partial charge in [0.05, 0.1) is 6.61 Å². The van der Waals surface area contributed by atoms with Crippen molar-refractivity contribution in [2.75, 3.05) is 13.2 Å². The Bertz CT molecular complexity index is 1160. The number of allylic oxidation sites excluding steroid dienone is 2. The highest BCUT2D eigenvalue weighted by Crippen LogP contribution is 2.47. The van der Waals surface area contributed by atoms with Crippen LogP contribution in [-0.2, 0) is 32.7 Å². The maximum atomic E-state index is 12.8. The van der Waals surface area contributed by atoms with Gasteiger partial charge < -0.3 is 39.9 Å². The van der Waals surface area contributed by atoms with Crippen LogP contribution < -0.4 is 0 Å². The lowest BCUT2D eigenvalue weighted by Gasteiger charge is -2.41. The van der Waals surface area contributed by atoms with Crippen molar-refractivity contribution in [3.05, 3.63) is 12.2 Å². The summed E-state index contributed by atoms with van der Waals surface area (Å²) in [6.07, 6.45) is 30.0. The average molecular weight is 921 g/mol. The van der Waals surface area contributed by atoms with Crippen molar-refractivity contribution in [2.45, 2.75) is 275 Å². The monoisotopic (exact) mass is 921 g/mol. The summed E-state index contributed by atoms with van der Waals surface area (Å²) in [5.41, 5.74) is 0. The predicted molar refractivity (Wildman–Crippen MR) is 249 cm³/mol. The zero-order valence-electron chi connectivity index (χ0n) is 39.6. The molecule has 372 valence electrons. The molecule has 14 heteroatoms. The third-order valence-electron chi connectivity index (χ3n) is 12.1. The van der Waals surface area contributed by atoms with E-state index in [0.717, 1.165) is 57.8 Å². The number of hydrogen-bond acceptors (Lipinski definition) is 12. The molecule has 0 radical (unpaired) electrons. The molecule has 0 aromatic heterocycles. The van der Waals surface area contributed by atoms with E-state index in [1.54, 1.807) is 0 Å². The first-order chi connectivity index (χ1) is 30.4. The van der Waals surface area contributed by atoms with Gasteiger partial charge in [0, 0.05) is 12.8 Å². The van der Waals surface area contributed by atoms with Gasteiger partial charge in [-0.05, 0) is 32.1 Å². The molecule has 1 rings (SSSR count). The summed E-state index contributed by atoms with van der Waals surface area (Å²) in [5, 5.41) is 50.2. The van der Waals surface area contributed by atoms with Crippen LogP contribution in [0.2, 0.25) is 0 Å². The van der Waals surface area contributed by atoms with Crippen LogP contribution in [0.25, 0.3) is 0 Å². The van der Waals surface area contributed by atoms with E-state index in [1.165, 1.54) is 135 Å². The number of ether oxygens (including phenoxy) is 2. The Kier molecular flexibility index (Phi) is 37.6. The van der Waals surface area contributed by atoms with Gasteiger partial charge in [0.2, 0.25) is 0 Å². The Labute approximate surface area is 382 Å².